The number of nitrogens with zero attached hydrogens (tertiary/aromatic N) is 3. The molecule has 1 saturated carbocycles. The predicted octanol–water partition coefficient (Wildman–Crippen LogP) is 5.96. The van der Waals surface area contributed by atoms with Crippen LogP contribution >= 0.6 is 11.6 Å². The molecule has 0 amide bonds. The van der Waals surface area contributed by atoms with Crippen LogP contribution in [0.3, 0.4) is 0 Å². The number of anilines is 2. The highest BCUT2D eigenvalue weighted by molar-refractivity contribution is 7.89. The lowest BCUT2D eigenvalue weighted by atomic mass is 9.83. The molecular weight excluding hydrogens is 517 g/mol. The molecule has 3 aromatic rings. The average molecular weight is 544 g/mol. The number of para-hydroxylation sites is 1. The number of carbonyl (C=O) groups is 1. The number of hydrogen-bond acceptors (Lipinski definition) is 5. The van der Waals surface area contributed by atoms with Crippen molar-refractivity contribution in [1.29, 1.82) is 0 Å². The summed E-state index contributed by atoms with van der Waals surface area (Å²) in [5, 5.41) is 9.51. The van der Waals surface area contributed by atoms with Crippen LogP contribution in [0.25, 0.3) is 11.3 Å². The summed E-state index contributed by atoms with van der Waals surface area (Å²) in [5.74, 6) is -2.29. The van der Waals surface area contributed by atoms with Crippen LogP contribution in [-0.2, 0) is 10.0 Å². The number of aromatic carboxylic acids is 1. The van der Waals surface area contributed by atoms with Crippen molar-refractivity contribution in [3.8, 4) is 11.3 Å². The van der Waals surface area contributed by atoms with Gasteiger partial charge in [0.15, 0.2) is 11.5 Å². The molecule has 37 heavy (non-hydrogen) atoms. The maximum absolute atomic E-state index is 14.1. The van der Waals surface area contributed by atoms with Crippen LogP contribution in [0.2, 0.25) is 5.02 Å². The Morgan fingerprint density at radius 2 is 1.78 bits per heavy atom. The van der Waals surface area contributed by atoms with Gasteiger partial charge in [-0.2, -0.15) is 4.31 Å². The van der Waals surface area contributed by atoms with Gasteiger partial charge in [0.2, 0.25) is 10.0 Å². The molecule has 0 saturated heterocycles. The van der Waals surface area contributed by atoms with Crippen LogP contribution in [0, 0.1) is 11.7 Å². The van der Waals surface area contributed by atoms with E-state index in [9.17, 15) is 22.7 Å². The lowest BCUT2D eigenvalue weighted by molar-refractivity contribution is 0.0685. The molecule has 1 N–H and O–H groups in total. The van der Waals surface area contributed by atoms with E-state index < -0.39 is 27.5 Å². The summed E-state index contributed by atoms with van der Waals surface area (Å²) < 4.78 is 43.6. The quantitative estimate of drug-likeness (QED) is 0.436. The Hall–Kier alpha value is -3.01. The van der Waals surface area contributed by atoms with E-state index in [0.29, 0.717) is 12.2 Å². The molecule has 0 unspecified atom stereocenters. The third kappa shape index (κ3) is 4.71. The molecule has 1 aliphatic heterocycles. The van der Waals surface area contributed by atoms with Gasteiger partial charge in [0, 0.05) is 30.9 Å². The van der Waals surface area contributed by atoms with Crippen LogP contribution in [0.1, 0.15) is 42.6 Å². The first-order chi connectivity index (χ1) is 17.7. The molecule has 7 nitrogen and oxygen atoms in total. The van der Waals surface area contributed by atoms with Crippen LogP contribution in [0.15, 0.2) is 59.5 Å². The van der Waals surface area contributed by atoms with Gasteiger partial charge in [-0.25, -0.2) is 22.6 Å². The minimum absolute atomic E-state index is 0.0413. The van der Waals surface area contributed by atoms with Gasteiger partial charge in [-0.15, -0.1) is 0 Å². The molecule has 0 bridgehead atoms. The Balaban J connectivity index is 1.71. The summed E-state index contributed by atoms with van der Waals surface area (Å²) in [4.78, 5) is 17.4. The first kappa shape index (κ1) is 25.6. The maximum atomic E-state index is 14.1. The predicted molar refractivity (Wildman–Crippen MR) is 140 cm³/mol. The fourth-order valence-corrected chi connectivity index (χ4v) is 7.31. The number of halogens is 2. The normalized spacial score (nSPS) is 20.3. The van der Waals surface area contributed by atoms with Gasteiger partial charge in [0.05, 0.1) is 16.4 Å². The lowest BCUT2D eigenvalue weighted by Gasteiger charge is -2.36. The van der Waals surface area contributed by atoms with Crippen molar-refractivity contribution in [2.75, 3.05) is 18.5 Å². The molecule has 2 aromatic carbocycles. The van der Waals surface area contributed by atoms with Crippen molar-refractivity contribution < 1.29 is 22.7 Å². The van der Waals surface area contributed by atoms with Gasteiger partial charge in [0.1, 0.15) is 4.90 Å². The molecule has 1 aliphatic carbocycles. The zero-order valence-electron chi connectivity index (χ0n) is 20.3. The number of rotatable bonds is 4. The number of hydrogen-bond donors (Lipinski definition) is 1. The Kier molecular flexibility index (Phi) is 6.95. The van der Waals surface area contributed by atoms with E-state index in [1.165, 1.54) is 16.4 Å². The third-order valence-electron chi connectivity index (χ3n) is 7.42. The van der Waals surface area contributed by atoms with Crippen molar-refractivity contribution >= 4 is 39.0 Å². The van der Waals surface area contributed by atoms with Gasteiger partial charge >= 0.3 is 5.97 Å². The van der Waals surface area contributed by atoms with E-state index >= 15 is 0 Å². The molecule has 1 atom stereocenters. The van der Waals surface area contributed by atoms with E-state index in [0.717, 1.165) is 43.9 Å². The second-order valence-electron chi connectivity index (χ2n) is 9.56. The van der Waals surface area contributed by atoms with Gasteiger partial charge in [-0.3, -0.25) is 0 Å². The molecule has 2 aliphatic rings. The topological polar surface area (TPSA) is 90.8 Å². The van der Waals surface area contributed by atoms with Gasteiger partial charge < -0.3 is 10.0 Å². The summed E-state index contributed by atoms with van der Waals surface area (Å²) in [7, 11) is -2.34. The minimum Gasteiger partial charge on any atom is -0.476 e. The highest BCUT2D eigenvalue weighted by Crippen LogP contribution is 2.44. The van der Waals surface area contributed by atoms with Gasteiger partial charge in [-0.05, 0) is 55.2 Å². The van der Waals surface area contributed by atoms with E-state index in [1.54, 1.807) is 13.1 Å². The van der Waals surface area contributed by atoms with E-state index in [2.05, 4.69) is 4.98 Å². The number of carboxylic acids is 1. The lowest BCUT2D eigenvalue weighted by Crippen LogP contribution is -2.46. The van der Waals surface area contributed by atoms with Crippen molar-refractivity contribution in [2.45, 2.75) is 43.0 Å². The minimum atomic E-state index is -3.96. The Morgan fingerprint density at radius 3 is 2.46 bits per heavy atom. The highest BCUT2D eigenvalue weighted by Gasteiger charge is 2.41. The number of carboxylic acid groups (broad SMARTS) is 1. The van der Waals surface area contributed by atoms with Crippen molar-refractivity contribution in [3.05, 3.63) is 71.1 Å². The SMILES string of the molecule is CN1[C@H](C2CCCCC2)CN(c2ccccc2)c2cc(Cl)c(-c3ccc(F)c(C(=O)O)n3)cc2S1(=O)=O. The average Bonchev–Trinajstić information content (AvgIpc) is 2.97. The smallest absolute Gasteiger partial charge is 0.357 e. The number of likely N-dealkylation sites (N-methyl/N-ethyl adjacent to an activating group) is 1. The van der Waals surface area contributed by atoms with Crippen molar-refractivity contribution in [3.63, 3.8) is 0 Å². The number of sulfonamides is 1. The van der Waals surface area contributed by atoms with Crippen LogP contribution in [-0.4, -0.2) is 48.4 Å². The van der Waals surface area contributed by atoms with Crippen molar-refractivity contribution in [1.82, 2.24) is 9.29 Å². The zero-order chi connectivity index (χ0) is 26.3. The Morgan fingerprint density at radius 1 is 1.08 bits per heavy atom. The third-order valence-corrected chi connectivity index (χ3v) is 9.64. The number of pyridine rings is 1. The van der Waals surface area contributed by atoms with E-state index in [4.69, 9.17) is 11.6 Å². The molecule has 0 spiro atoms. The maximum Gasteiger partial charge on any atom is 0.357 e. The molecule has 194 valence electrons. The van der Waals surface area contributed by atoms with Crippen LogP contribution < -0.4 is 4.90 Å². The first-order valence-corrected chi connectivity index (χ1v) is 14.0. The van der Waals surface area contributed by atoms with E-state index in [-0.39, 0.29) is 33.1 Å². The summed E-state index contributed by atoms with van der Waals surface area (Å²) in [6, 6.07) is 14.6. The largest absolute Gasteiger partial charge is 0.476 e. The number of benzene rings is 2. The van der Waals surface area contributed by atoms with Crippen LogP contribution in [0.5, 0.6) is 0 Å². The summed E-state index contributed by atoms with van der Waals surface area (Å²) in [6.07, 6.45) is 5.24. The molecule has 1 fully saturated rings. The van der Waals surface area contributed by atoms with Gasteiger partial charge in [-0.1, -0.05) is 49.1 Å². The zero-order valence-corrected chi connectivity index (χ0v) is 21.8. The Labute approximate surface area is 220 Å². The molecule has 10 heteroatoms. The summed E-state index contributed by atoms with van der Waals surface area (Å²) in [5.41, 5.74) is 0.803. The molecule has 0 radical (unpaired) electrons. The number of fused-ring (bicyclic) bond motifs is 1. The Bertz CT molecular complexity index is 1450. The highest BCUT2D eigenvalue weighted by atomic mass is 35.5. The second-order valence-corrected chi connectivity index (χ2v) is 11.9. The summed E-state index contributed by atoms with van der Waals surface area (Å²) >= 11 is 6.67. The number of aromatic nitrogens is 1. The summed E-state index contributed by atoms with van der Waals surface area (Å²) in [6.45, 7) is 0.463. The first-order valence-electron chi connectivity index (χ1n) is 12.2. The second kappa shape index (κ2) is 10.0. The molecule has 5 rings (SSSR count). The van der Waals surface area contributed by atoms with Crippen molar-refractivity contribution in [2.24, 2.45) is 5.92 Å². The standard InChI is InChI=1S/C27H27ClFN3O4S/c1-31-24(17-8-4-2-5-9-17)16-32(18-10-6-3-7-11-18)23-15-20(28)19(14-25(23)37(31,35)36)22-13-12-21(29)26(30-22)27(33)34/h3,6-7,10-15,17,24H,2,4-5,8-9,16H2,1H3,(H,33,34)/t24-/m0/s1. The molecule has 1 aromatic heterocycles. The van der Waals surface area contributed by atoms with E-state index in [1.807, 2.05) is 35.2 Å². The monoisotopic (exact) mass is 543 g/mol. The van der Waals surface area contributed by atoms with Crippen LogP contribution in [0.4, 0.5) is 15.8 Å². The fourth-order valence-electron chi connectivity index (χ4n) is 5.45. The molecule has 2 heterocycles. The fraction of sp³-hybridized carbons (Fsp3) is 0.333. The van der Waals surface area contributed by atoms with Gasteiger partial charge in [0.25, 0.3) is 0 Å². The molecular formula is C27H27ClFN3O4S.